The first-order valence-corrected chi connectivity index (χ1v) is 10.7. The minimum Gasteiger partial charge on any atom is -0.484 e. The third-order valence-electron chi connectivity index (χ3n) is 4.04. The van der Waals surface area contributed by atoms with Gasteiger partial charge in [0.2, 0.25) is 5.91 Å². The summed E-state index contributed by atoms with van der Waals surface area (Å²) in [5.74, 6) is 0.461. The Morgan fingerprint density at radius 3 is 2.77 bits per heavy atom. The Labute approximate surface area is 184 Å². The van der Waals surface area contributed by atoms with E-state index in [1.54, 1.807) is 24.3 Å². The largest absolute Gasteiger partial charge is 0.484 e. The second kappa shape index (κ2) is 11.2. The third kappa shape index (κ3) is 6.85. The molecule has 31 heavy (non-hydrogen) atoms. The van der Waals surface area contributed by atoms with Gasteiger partial charge in [0.15, 0.2) is 6.61 Å². The summed E-state index contributed by atoms with van der Waals surface area (Å²) in [5.41, 5.74) is 1.90. The minimum atomic E-state index is -0.418. The van der Waals surface area contributed by atoms with Crippen molar-refractivity contribution in [3.63, 3.8) is 0 Å². The van der Waals surface area contributed by atoms with Crippen molar-refractivity contribution < 1.29 is 23.5 Å². The Balaban J connectivity index is 1.47. The van der Waals surface area contributed by atoms with Gasteiger partial charge in [-0.05, 0) is 43.2 Å². The lowest BCUT2D eigenvalue weighted by molar-refractivity contribution is -0.113. The number of para-hydroxylation sites is 1. The molecule has 2 aromatic carbocycles. The molecule has 8 nitrogen and oxygen atoms in total. The molecule has 0 aliphatic carbocycles. The molecule has 0 saturated carbocycles. The fourth-order valence-electron chi connectivity index (χ4n) is 2.54. The Morgan fingerprint density at radius 2 is 1.97 bits per heavy atom. The molecule has 0 radical (unpaired) electrons. The molecule has 162 valence electrons. The maximum atomic E-state index is 12.2. The topological polar surface area (TPSA) is 104 Å². The number of amides is 1. The normalized spacial score (nSPS) is 10.5. The van der Waals surface area contributed by atoms with Crippen molar-refractivity contribution in [1.29, 1.82) is 0 Å². The monoisotopic (exact) mass is 441 g/mol. The molecule has 1 aromatic heterocycles. The van der Waals surface area contributed by atoms with Crippen molar-refractivity contribution in [2.75, 3.05) is 17.7 Å². The van der Waals surface area contributed by atoms with Crippen molar-refractivity contribution in [3.05, 3.63) is 65.5 Å². The van der Waals surface area contributed by atoms with E-state index in [9.17, 15) is 9.59 Å². The van der Waals surface area contributed by atoms with E-state index in [2.05, 4.69) is 15.5 Å². The summed E-state index contributed by atoms with van der Waals surface area (Å²) in [6.07, 6.45) is 0.745. The molecule has 0 saturated heterocycles. The summed E-state index contributed by atoms with van der Waals surface area (Å²) in [6.45, 7) is 4.37. The van der Waals surface area contributed by atoms with Crippen LogP contribution in [0, 0.1) is 6.92 Å². The van der Waals surface area contributed by atoms with E-state index in [0.717, 1.165) is 29.5 Å². The Hall–Kier alpha value is -3.33. The zero-order valence-corrected chi connectivity index (χ0v) is 18.1. The number of anilines is 1. The van der Waals surface area contributed by atoms with E-state index in [4.69, 9.17) is 13.9 Å². The first-order chi connectivity index (χ1) is 15.0. The van der Waals surface area contributed by atoms with E-state index in [1.165, 1.54) is 0 Å². The van der Waals surface area contributed by atoms with E-state index in [-0.39, 0.29) is 23.5 Å². The smallest absolute Gasteiger partial charge is 0.338 e. The SMILES string of the molecule is CCCOC(=O)c1cccc(NC(=O)CSc2nnc(COc3ccccc3C)o2)c1. The van der Waals surface area contributed by atoms with Crippen LogP contribution in [0.2, 0.25) is 0 Å². The molecule has 3 aromatic rings. The zero-order chi connectivity index (χ0) is 22.1. The molecular formula is C22H23N3O5S. The van der Waals surface area contributed by atoms with Crippen molar-refractivity contribution in [2.24, 2.45) is 0 Å². The highest BCUT2D eigenvalue weighted by atomic mass is 32.2. The van der Waals surface area contributed by atoms with Crippen LogP contribution in [0.3, 0.4) is 0 Å². The molecule has 3 rings (SSSR count). The number of nitrogens with zero attached hydrogens (tertiary/aromatic N) is 2. The highest BCUT2D eigenvalue weighted by Gasteiger charge is 2.12. The molecule has 1 amide bonds. The van der Waals surface area contributed by atoms with Crippen molar-refractivity contribution in [2.45, 2.75) is 32.1 Å². The number of rotatable bonds is 10. The zero-order valence-electron chi connectivity index (χ0n) is 17.3. The molecular weight excluding hydrogens is 418 g/mol. The van der Waals surface area contributed by atoms with E-state index < -0.39 is 5.97 Å². The maximum absolute atomic E-state index is 12.2. The van der Waals surface area contributed by atoms with Crippen LogP contribution >= 0.6 is 11.8 Å². The highest BCUT2D eigenvalue weighted by Crippen LogP contribution is 2.20. The van der Waals surface area contributed by atoms with Crippen molar-refractivity contribution >= 4 is 29.3 Å². The van der Waals surface area contributed by atoms with Crippen LogP contribution in [0.1, 0.15) is 35.2 Å². The van der Waals surface area contributed by atoms with Gasteiger partial charge in [-0.3, -0.25) is 4.79 Å². The van der Waals surface area contributed by atoms with Gasteiger partial charge in [-0.25, -0.2) is 4.79 Å². The third-order valence-corrected chi connectivity index (χ3v) is 4.86. The second-order valence-electron chi connectivity index (χ2n) is 6.57. The quantitative estimate of drug-likeness (QED) is 0.368. The van der Waals surface area contributed by atoms with Crippen LogP contribution < -0.4 is 10.1 Å². The predicted octanol–water partition coefficient (Wildman–Crippen LogP) is 4.25. The summed E-state index contributed by atoms with van der Waals surface area (Å²) in [4.78, 5) is 24.2. The Morgan fingerprint density at radius 1 is 1.13 bits per heavy atom. The fourth-order valence-corrected chi connectivity index (χ4v) is 3.12. The van der Waals surface area contributed by atoms with Crippen LogP contribution in [0.4, 0.5) is 5.69 Å². The number of carbonyl (C=O) groups is 2. The summed E-state index contributed by atoms with van der Waals surface area (Å²) in [6, 6.07) is 14.2. The minimum absolute atomic E-state index is 0.0742. The van der Waals surface area contributed by atoms with Crippen LogP contribution in [0.5, 0.6) is 5.75 Å². The molecule has 9 heteroatoms. The first-order valence-electron chi connectivity index (χ1n) is 9.76. The van der Waals surface area contributed by atoms with Gasteiger partial charge < -0.3 is 19.2 Å². The summed E-state index contributed by atoms with van der Waals surface area (Å²) in [5, 5.41) is 10.9. The first kappa shape index (κ1) is 22.4. The van der Waals surface area contributed by atoms with Gasteiger partial charge in [-0.1, -0.05) is 43.0 Å². The number of thioether (sulfide) groups is 1. The lowest BCUT2D eigenvalue weighted by Gasteiger charge is -2.07. The van der Waals surface area contributed by atoms with Crippen LogP contribution in [-0.2, 0) is 16.1 Å². The van der Waals surface area contributed by atoms with Crippen LogP contribution in [0.25, 0.3) is 0 Å². The van der Waals surface area contributed by atoms with E-state index in [1.807, 2.05) is 38.1 Å². The molecule has 1 heterocycles. The predicted molar refractivity (Wildman–Crippen MR) is 116 cm³/mol. The molecule has 0 unspecified atom stereocenters. The number of aromatic nitrogens is 2. The van der Waals surface area contributed by atoms with Gasteiger partial charge in [-0.2, -0.15) is 0 Å². The molecule has 0 aliphatic heterocycles. The van der Waals surface area contributed by atoms with Gasteiger partial charge in [0.05, 0.1) is 17.9 Å². The van der Waals surface area contributed by atoms with Gasteiger partial charge in [-0.15, -0.1) is 10.2 Å². The van der Waals surface area contributed by atoms with Gasteiger partial charge in [0, 0.05) is 5.69 Å². The number of carbonyl (C=O) groups excluding carboxylic acids is 2. The van der Waals surface area contributed by atoms with Crippen LogP contribution in [-0.4, -0.2) is 34.4 Å². The number of ether oxygens (including phenoxy) is 2. The summed E-state index contributed by atoms with van der Waals surface area (Å²) < 4.78 is 16.3. The molecule has 0 bridgehead atoms. The number of hydrogen-bond acceptors (Lipinski definition) is 8. The lowest BCUT2D eigenvalue weighted by atomic mass is 10.2. The Kier molecular flexibility index (Phi) is 8.05. The highest BCUT2D eigenvalue weighted by molar-refractivity contribution is 7.99. The van der Waals surface area contributed by atoms with Gasteiger partial charge in [0.1, 0.15) is 5.75 Å². The lowest BCUT2D eigenvalue weighted by Crippen LogP contribution is -2.14. The molecule has 1 N–H and O–H groups in total. The molecule has 0 aliphatic rings. The van der Waals surface area contributed by atoms with Crippen LogP contribution in [0.15, 0.2) is 58.2 Å². The molecule has 0 atom stereocenters. The van der Waals surface area contributed by atoms with Gasteiger partial charge in [0.25, 0.3) is 11.1 Å². The van der Waals surface area contributed by atoms with E-state index >= 15 is 0 Å². The van der Waals surface area contributed by atoms with Gasteiger partial charge >= 0.3 is 5.97 Å². The average molecular weight is 442 g/mol. The number of benzene rings is 2. The van der Waals surface area contributed by atoms with E-state index in [0.29, 0.717) is 23.7 Å². The maximum Gasteiger partial charge on any atom is 0.338 e. The number of aryl methyl sites for hydroxylation is 1. The Bertz CT molecular complexity index is 1040. The van der Waals surface area contributed by atoms with Crippen molar-refractivity contribution in [1.82, 2.24) is 10.2 Å². The average Bonchev–Trinajstić information content (AvgIpc) is 3.23. The standard InChI is InChI=1S/C22H23N3O5S/c1-3-11-28-21(27)16-8-6-9-17(12-16)23-19(26)14-31-22-25-24-20(30-22)13-29-18-10-5-4-7-15(18)2/h4-10,12H,3,11,13-14H2,1-2H3,(H,23,26). The molecule has 0 spiro atoms. The van der Waals surface area contributed by atoms with Crippen molar-refractivity contribution in [3.8, 4) is 5.75 Å². The second-order valence-corrected chi connectivity index (χ2v) is 7.50. The number of esters is 1. The summed E-state index contributed by atoms with van der Waals surface area (Å²) >= 11 is 1.12. The fraction of sp³-hybridized carbons (Fsp3) is 0.273. The number of hydrogen-bond donors (Lipinski definition) is 1. The molecule has 0 fully saturated rings. The number of nitrogens with one attached hydrogen (secondary N) is 1. The summed E-state index contributed by atoms with van der Waals surface area (Å²) in [7, 11) is 0.